The third kappa shape index (κ3) is 3.97. The van der Waals surface area contributed by atoms with Gasteiger partial charge in [-0.05, 0) is 54.1 Å². The molecule has 3 aromatic rings. The Kier molecular flexibility index (Phi) is 5.86. The molecule has 9 heteroatoms. The smallest absolute Gasteiger partial charge is 0.323 e. The zero-order valence-corrected chi connectivity index (χ0v) is 18.2. The second-order valence-electron chi connectivity index (χ2n) is 7.23. The van der Waals surface area contributed by atoms with Crippen molar-refractivity contribution in [2.24, 2.45) is 0 Å². The summed E-state index contributed by atoms with van der Waals surface area (Å²) in [5, 5.41) is 10.1. The summed E-state index contributed by atoms with van der Waals surface area (Å²) in [5.74, 6) is -0.00889. The predicted octanol–water partition coefficient (Wildman–Crippen LogP) is 3.41. The van der Waals surface area contributed by atoms with E-state index in [1.54, 1.807) is 34.7 Å². The summed E-state index contributed by atoms with van der Waals surface area (Å²) in [6.07, 6.45) is 4.13. The van der Waals surface area contributed by atoms with Crippen molar-refractivity contribution in [2.75, 3.05) is 18.8 Å². The third-order valence-electron chi connectivity index (χ3n) is 5.33. The quantitative estimate of drug-likeness (QED) is 0.560. The van der Waals surface area contributed by atoms with Gasteiger partial charge in [-0.15, -0.1) is 11.8 Å². The van der Waals surface area contributed by atoms with Crippen LogP contribution in [0.15, 0.2) is 58.6 Å². The molecule has 0 aliphatic carbocycles. The molecule has 30 heavy (non-hydrogen) atoms. The molecular formula is C21H23N3O4S2. The van der Waals surface area contributed by atoms with Crippen LogP contribution in [0.25, 0.3) is 11.0 Å². The highest BCUT2D eigenvalue weighted by Crippen LogP contribution is 2.35. The minimum atomic E-state index is -3.57. The van der Waals surface area contributed by atoms with E-state index in [9.17, 15) is 18.3 Å². The molecule has 0 bridgehead atoms. The molecule has 7 nitrogen and oxygen atoms in total. The zero-order chi connectivity index (χ0) is 21.3. The van der Waals surface area contributed by atoms with Crippen molar-refractivity contribution >= 4 is 38.8 Å². The van der Waals surface area contributed by atoms with Gasteiger partial charge in [-0.1, -0.05) is 6.92 Å². The molecule has 1 saturated heterocycles. The lowest BCUT2D eigenvalue weighted by molar-refractivity contribution is -0.137. The van der Waals surface area contributed by atoms with Gasteiger partial charge in [0, 0.05) is 41.7 Å². The SMILES string of the molecule is CCSc1ccc(S(=O)(=O)N2CCC(c3cn(CC(=O)O)c4ncccc34)C2)cc1. The zero-order valence-electron chi connectivity index (χ0n) is 16.6. The van der Waals surface area contributed by atoms with Crippen LogP contribution in [-0.2, 0) is 21.4 Å². The normalized spacial score (nSPS) is 17.6. The van der Waals surface area contributed by atoms with Crippen molar-refractivity contribution in [1.29, 1.82) is 0 Å². The number of fused-ring (bicyclic) bond motifs is 1. The Labute approximate surface area is 179 Å². The van der Waals surface area contributed by atoms with Crippen molar-refractivity contribution in [3.05, 3.63) is 54.4 Å². The molecular weight excluding hydrogens is 422 g/mol. The number of pyridine rings is 1. The topological polar surface area (TPSA) is 92.5 Å². The number of sulfonamides is 1. The highest BCUT2D eigenvalue weighted by molar-refractivity contribution is 7.99. The maximum absolute atomic E-state index is 13.1. The molecule has 158 valence electrons. The molecule has 1 fully saturated rings. The number of hydrogen-bond donors (Lipinski definition) is 1. The first-order valence-electron chi connectivity index (χ1n) is 9.78. The number of aromatic nitrogens is 2. The van der Waals surface area contributed by atoms with E-state index in [1.165, 1.54) is 4.31 Å². The third-order valence-corrected chi connectivity index (χ3v) is 8.11. The standard InChI is InChI=1S/C21H23N3O4S2/c1-2-29-16-5-7-17(8-6-16)30(27,28)24-11-9-15(12-24)19-13-23(14-20(25)26)21-18(19)4-3-10-22-21/h3-8,10,13,15H,2,9,11-12,14H2,1H3,(H,25,26). The fourth-order valence-electron chi connectivity index (χ4n) is 3.97. The summed E-state index contributed by atoms with van der Waals surface area (Å²) in [5.41, 5.74) is 1.56. The predicted molar refractivity (Wildman–Crippen MR) is 116 cm³/mol. The number of carboxylic acids is 1. The Bertz CT molecular complexity index is 1170. The Morgan fingerprint density at radius 1 is 1.27 bits per heavy atom. The van der Waals surface area contributed by atoms with Gasteiger partial charge in [-0.3, -0.25) is 4.79 Å². The summed E-state index contributed by atoms with van der Waals surface area (Å²) in [7, 11) is -3.57. The maximum atomic E-state index is 13.1. The first kappa shape index (κ1) is 20.9. The average Bonchev–Trinajstić information content (AvgIpc) is 3.34. The van der Waals surface area contributed by atoms with Gasteiger partial charge in [0.2, 0.25) is 10.0 Å². The van der Waals surface area contributed by atoms with Crippen LogP contribution in [0.4, 0.5) is 0 Å². The molecule has 1 aromatic carbocycles. The summed E-state index contributed by atoms with van der Waals surface area (Å²) in [6.45, 7) is 2.69. The molecule has 0 spiro atoms. The molecule has 1 aliphatic rings. The minimum Gasteiger partial charge on any atom is -0.480 e. The molecule has 0 radical (unpaired) electrons. The van der Waals surface area contributed by atoms with E-state index in [0.29, 0.717) is 30.1 Å². The first-order chi connectivity index (χ1) is 14.4. The second-order valence-corrected chi connectivity index (χ2v) is 10.5. The molecule has 1 unspecified atom stereocenters. The monoisotopic (exact) mass is 445 g/mol. The van der Waals surface area contributed by atoms with Crippen LogP contribution in [0.3, 0.4) is 0 Å². The number of carbonyl (C=O) groups is 1. The summed E-state index contributed by atoms with van der Waals surface area (Å²) < 4.78 is 29.4. The van der Waals surface area contributed by atoms with Gasteiger partial charge in [0.15, 0.2) is 0 Å². The van der Waals surface area contributed by atoms with E-state index < -0.39 is 16.0 Å². The van der Waals surface area contributed by atoms with Crippen molar-refractivity contribution in [2.45, 2.75) is 35.6 Å². The van der Waals surface area contributed by atoms with Crippen LogP contribution in [-0.4, -0.2) is 52.2 Å². The van der Waals surface area contributed by atoms with E-state index in [-0.39, 0.29) is 12.5 Å². The molecule has 0 saturated carbocycles. The Morgan fingerprint density at radius 2 is 2.03 bits per heavy atom. The molecule has 1 N–H and O–H groups in total. The Balaban J connectivity index is 1.59. The van der Waals surface area contributed by atoms with E-state index in [0.717, 1.165) is 21.6 Å². The van der Waals surface area contributed by atoms with Gasteiger partial charge in [0.1, 0.15) is 12.2 Å². The van der Waals surface area contributed by atoms with Gasteiger partial charge >= 0.3 is 5.97 Å². The van der Waals surface area contributed by atoms with Crippen LogP contribution >= 0.6 is 11.8 Å². The summed E-state index contributed by atoms with van der Waals surface area (Å²) in [4.78, 5) is 16.9. The van der Waals surface area contributed by atoms with Crippen molar-refractivity contribution in [1.82, 2.24) is 13.9 Å². The number of carboxylic acid groups (broad SMARTS) is 1. The molecule has 1 aliphatic heterocycles. The van der Waals surface area contributed by atoms with Crippen LogP contribution < -0.4 is 0 Å². The number of aliphatic carboxylic acids is 1. The van der Waals surface area contributed by atoms with Gasteiger partial charge in [0.25, 0.3) is 0 Å². The molecule has 4 rings (SSSR count). The van der Waals surface area contributed by atoms with Crippen molar-refractivity contribution < 1.29 is 18.3 Å². The maximum Gasteiger partial charge on any atom is 0.323 e. The molecule has 2 aromatic heterocycles. The van der Waals surface area contributed by atoms with Crippen molar-refractivity contribution in [3.8, 4) is 0 Å². The highest BCUT2D eigenvalue weighted by Gasteiger charge is 2.34. The van der Waals surface area contributed by atoms with Gasteiger partial charge in [0.05, 0.1) is 4.90 Å². The summed E-state index contributed by atoms with van der Waals surface area (Å²) in [6, 6.07) is 10.8. The lowest BCUT2D eigenvalue weighted by Gasteiger charge is -2.17. The van der Waals surface area contributed by atoms with Crippen LogP contribution in [0.2, 0.25) is 0 Å². The number of thioether (sulfide) groups is 1. The number of rotatable bonds is 7. The van der Waals surface area contributed by atoms with E-state index in [4.69, 9.17) is 0 Å². The fraction of sp³-hybridized carbons (Fsp3) is 0.333. The minimum absolute atomic E-state index is 0.00330. The van der Waals surface area contributed by atoms with Crippen LogP contribution in [0.1, 0.15) is 24.8 Å². The largest absolute Gasteiger partial charge is 0.480 e. The van der Waals surface area contributed by atoms with E-state index in [2.05, 4.69) is 11.9 Å². The molecule has 1 atom stereocenters. The lowest BCUT2D eigenvalue weighted by Crippen LogP contribution is -2.28. The Hall–Kier alpha value is -2.36. The second kappa shape index (κ2) is 8.41. The van der Waals surface area contributed by atoms with Gasteiger partial charge < -0.3 is 9.67 Å². The average molecular weight is 446 g/mol. The van der Waals surface area contributed by atoms with Gasteiger partial charge in [-0.25, -0.2) is 13.4 Å². The van der Waals surface area contributed by atoms with Crippen LogP contribution in [0.5, 0.6) is 0 Å². The molecule has 0 amide bonds. The van der Waals surface area contributed by atoms with Crippen molar-refractivity contribution in [3.63, 3.8) is 0 Å². The van der Waals surface area contributed by atoms with Gasteiger partial charge in [-0.2, -0.15) is 4.31 Å². The Morgan fingerprint density at radius 3 is 2.73 bits per heavy atom. The van der Waals surface area contributed by atoms with E-state index in [1.807, 2.05) is 30.5 Å². The number of benzene rings is 1. The lowest BCUT2D eigenvalue weighted by atomic mass is 9.99. The number of nitrogens with zero attached hydrogens (tertiary/aromatic N) is 3. The first-order valence-corrected chi connectivity index (χ1v) is 12.2. The number of hydrogen-bond acceptors (Lipinski definition) is 5. The molecule has 3 heterocycles. The fourth-order valence-corrected chi connectivity index (χ4v) is 6.13. The van der Waals surface area contributed by atoms with E-state index >= 15 is 0 Å². The highest BCUT2D eigenvalue weighted by atomic mass is 32.2. The van der Waals surface area contributed by atoms with Crippen LogP contribution in [0, 0.1) is 0 Å². The summed E-state index contributed by atoms with van der Waals surface area (Å²) >= 11 is 1.67.